The maximum Gasteiger partial charge on any atom is 0.338 e. The van der Waals surface area contributed by atoms with Crippen LogP contribution in [0.3, 0.4) is 0 Å². The highest BCUT2D eigenvalue weighted by atomic mass is 16.8. The van der Waals surface area contributed by atoms with E-state index in [-0.39, 0.29) is 17.1 Å². The van der Waals surface area contributed by atoms with E-state index in [4.69, 9.17) is 66.3 Å². The van der Waals surface area contributed by atoms with Crippen molar-refractivity contribution in [2.75, 3.05) is 39.6 Å². The molecule has 5 aliphatic rings. The zero-order valence-electron chi connectivity index (χ0n) is 48.9. The van der Waals surface area contributed by atoms with E-state index in [9.17, 15) is 95.5 Å². The maximum absolute atomic E-state index is 14.3. The normalized spacial score (nSPS) is 36.5. The van der Waals surface area contributed by atoms with Crippen LogP contribution in [0.2, 0.25) is 0 Å². The maximum atomic E-state index is 14.3. The second-order valence-electron chi connectivity index (χ2n) is 21.7. The summed E-state index contributed by atoms with van der Waals surface area (Å²) in [6.45, 7) is -4.44. The number of rotatable bonds is 24. The molecule has 5 heterocycles. The lowest BCUT2D eigenvalue weighted by Gasteiger charge is -2.51. The predicted octanol–water partition coefficient (Wildman–Crippen LogP) is -4.98. The number of aliphatic hydroxyl groups excluding tert-OH is 12. The predicted molar refractivity (Wildman–Crippen MR) is 297 cm³/mol. The third-order valence-electron chi connectivity index (χ3n) is 15.2. The van der Waals surface area contributed by atoms with Crippen LogP contribution >= 0.6 is 0 Å². The van der Waals surface area contributed by atoms with Crippen molar-refractivity contribution in [1.29, 1.82) is 0 Å². The summed E-state index contributed by atoms with van der Waals surface area (Å²) in [5.41, 5.74) is 0.509. The minimum absolute atomic E-state index is 0.113. The van der Waals surface area contributed by atoms with Gasteiger partial charge in [0.05, 0.1) is 25.4 Å². The molecule has 0 bridgehead atoms. The Kier molecular flexibility index (Phi) is 24.7. The molecule has 0 aliphatic carbocycles. The molecule has 0 radical (unpaired) electrons. The molecule has 0 saturated carbocycles. The fourth-order valence-corrected chi connectivity index (χ4v) is 10.3. The lowest BCUT2D eigenvalue weighted by atomic mass is 9.95. The van der Waals surface area contributed by atoms with E-state index in [2.05, 4.69) is 0 Å². The number of phenols is 2. The summed E-state index contributed by atoms with van der Waals surface area (Å²) in [6, 6.07) is 17.9. The van der Waals surface area contributed by atoms with Crippen molar-refractivity contribution in [3.05, 3.63) is 108 Å². The summed E-state index contributed by atoms with van der Waals surface area (Å²) < 4.78 is 83.7. The van der Waals surface area contributed by atoms with Gasteiger partial charge < -0.3 is 138 Å². The number of hydrogen-bond donors (Lipinski definition) is 14. The third kappa shape index (κ3) is 17.1. The fraction of sp³-hybridized carbons (Fsp3) is 0.542. The lowest BCUT2D eigenvalue weighted by molar-refractivity contribution is -0.423. The van der Waals surface area contributed by atoms with E-state index in [0.29, 0.717) is 11.1 Å². The van der Waals surface area contributed by atoms with E-state index in [1.807, 2.05) is 0 Å². The smallest absolute Gasteiger partial charge is 0.338 e. The molecule has 33 heteroatoms. The van der Waals surface area contributed by atoms with Gasteiger partial charge in [0.2, 0.25) is 5.79 Å². The van der Waals surface area contributed by atoms with Crippen LogP contribution in [-0.4, -0.2) is 288 Å². The summed E-state index contributed by atoms with van der Waals surface area (Å²) in [7, 11) is 0. The van der Waals surface area contributed by atoms with Crippen LogP contribution < -0.4 is 0 Å². The summed E-state index contributed by atoms with van der Waals surface area (Å²) in [4.78, 5) is 67.3. The average Bonchev–Trinajstić information content (AvgIpc) is 1.38. The van der Waals surface area contributed by atoms with Gasteiger partial charge in [0.1, 0.15) is 135 Å². The second kappa shape index (κ2) is 31.9. The molecule has 0 amide bonds. The van der Waals surface area contributed by atoms with Crippen LogP contribution in [0, 0.1) is 0 Å². The lowest BCUT2D eigenvalue weighted by Crippen LogP contribution is -2.69. The monoisotopic (exact) mass is 1310 g/mol. The first-order valence-electron chi connectivity index (χ1n) is 28.6. The van der Waals surface area contributed by atoms with E-state index in [1.165, 1.54) is 84.9 Å². The highest BCUT2D eigenvalue weighted by Gasteiger charge is 2.64. The van der Waals surface area contributed by atoms with Crippen molar-refractivity contribution in [1.82, 2.24) is 0 Å². The summed E-state index contributed by atoms with van der Waals surface area (Å²) in [5.74, 6) is -8.95. The summed E-state index contributed by atoms with van der Waals surface area (Å²) >= 11 is 0. The second-order valence-corrected chi connectivity index (χ2v) is 21.7. The van der Waals surface area contributed by atoms with Crippen molar-refractivity contribution >= 4 is 42.0 Å². The molecule has 5 saturated heterocycles. The number of aromatic hydroxyl groups is 2. The topological polar surface area (TPSA) is 498 Å². The average molecular weight is 1310 g/mol. The van der Waals surface area contributed by atoms with E-state index in [0.717, 1.165) is 26.0 Å². The molecule has 8 rings (SSSR count). The van der Waals surface area contributed by atoms with Gasteiger partial charge in [-0.1, -0.05) is 42.5 Å². The minimum Gasteiger partial charge on any atom is -0.508 e. The first-order valence-corrected chi connectivity index (χ1v) is 28.6. The van der Waals surface area contributed by atoms with Gasteiger partial charge >= 0.3 is 29.8 Å². The van der Waals surface area contributed by atoms with E-state index in [1.54, 1.807) is 6.07 Å². The minimum atomic E-state index is -3.00. The van der Waals surface area contributed by atoms with Crippen LogP contribution in [0.4, 0.5) is 0 Å². The molecule has 0 spiro atoms. The van der Waals surface area contributed by atoms with E-state index < -0.39 is 216 Å². The van der Waals surface area contributed by atoms with Gasteiger partial charge in [-0.15, -0.1) is 0 Å². The van der Waals surface area contributed by atoms with Crippen molar-refractivity contribution < 1.29 is 162 Å². The van der Waals surface area contributed by atoms with Crippen molar-refractivity contribution in [2.45, 2.75) is 161 Å². The summed E-state index contributed by atoms with van der Waals surface area (Å²) in [5, 5.41) is 153. The molecule has 3 aromatic carbocycles. The molecule has 14 N–H and O–H groups in total. The molecule has 33 nitrogen and oxygen atoms in total. The zero-order chi connectivity index (χ0) is 66.7. The number of esters is 5. The van der Waals surface area contributed by atoms with Gasteiger partial charge in [0, 0.05) is 26.0 Å². The molecular weight excluding hydrogens is 1240 g/mol. The number of ether oxygens (including phenoxy) is 14. The first kappa shape index (κ1) is 71.1. The standard InChI is InChI=1S/C59H72O33/c1-26(63)79-23-36-42(71)50(87-55-46(75)44(73)40(69)33(20-60)82-55)48(77)57(84-36)88-51-49(86-39(68)19-13-29-10-16-32(66)17-11-29)37(24-80-27(2)64)85-58(52(51)89-56-47(76)45(74)41(70)34(21-61)83-56)92-59(25-81-38(67)18-12-28-8-14-31(65)15-9-28)53(43(72)35(22-62)91-59)90-54(78)30-6-4-3-5-7-30/h3-19,33-37,40-53,55-58,60-62,65-66,69-77H,20-25H2,1-2H3/b18-12+,19-13+/t33-,34-,35-,36-,37-,40-,41-,42-,43-,44+,45+,46-,47-,48-,49-,50+,51+,52-,53+,55+,56+,57+,58-,59+/m1/s1. The molecule has 24 atom stereocenters. The molecular formula is C59H72O33. The van der Waals surface area contributed by atoms with Crippen LogP contribution in [0.5, 0.6) is 11.5 Å². The Labute approximate surface area is 522 Å². The Morgan fingerprint density at radius 2 is 0.924 bits per heavy atom. The number of carbonyl (C=O) groups excluding carboxylic acids is 5. The van der Waals surface area contributed by atoms with Crippen molar-refractivity contribution in [3.63, 3.8) is 0 Å². The summed E-state index contributed by atoms with van der Waals surface area (Å²) in [6.07, 6.45) is -45.5. The number of aliphatic hydroxyl groups is 12. The number of hydrogen-bond acceptors (Lipinski definition) is 33. The molecule has 3 aromatic rings. The van der Waals surface area contributed by atoms with Gasteiger partial charge in [-0.05, 0) is 59.7 Å². The van der Waals surface area contributed by atoms with Crippen molar-refractivity contribution in [3.8, 4) is 11.5 Å². The third-order valence-corrected chi connectivity index (χ3v) is 15.2. The van der Waals surface area contributed by atoms with Crippen LogP contribution in [-0.2, 0) is 85.5 Å². The van der Waals surface area contributed by atoms with Gasteiger partial charge in [-0.25, -0.2) is 14.4 Å². The first-order chi connectivity index (χ1) is 43.8. The zero-order valence-corrected chi connectivity index (χ0v) is 48.9. The Hall–Kier alpha value is -6.75. The van der Waals surface area contributed by atoms with E-state index >= 15 is 0 Å². The molecule has 5 aliphatic heterocycles. The van der Waals surface area contributed by atoms with Crippen LogP contribution in [0.25, 0.3) is 12.2 Å². The Bertz CT molecular complexity index is 2970. The van der Waals surface area contributed by atoms with Crippen LogP contribution in [0.1, 0.15) is 35.3 Å². The van der Waals surface area contributed by atoms with Gasteiger partial charge in [0.15, 0.2) is 37.4 Å². The van der Waals surface area contributed by atoms with Gasteiger partial charge in [-0.3, -0.25) is 9.59 Å². The fourth-order valence-electron chi connectivity index (χ4n) is 10.3. The Balaban J connectivity index is 1.30. The SMILES string of the molecule is CC(=O)OC[C@H]1O[C@@H](O[C@@H]2[C@@H](O[C@@H]3O[C@H](CO)[C@@H](O)[C@H](O)[C@H]3O)[C@@H](O[C@]3(COC(=O)/C=C/c4ccc(O)cc4)O[C@H](CO)[C@@H](O)[C@@H]3OC(=O)c3ccccc3)O[C@H](COC(C)=O)[C@H]2OC(=O)/C=C/c2ccc(O)cc2)[C@H](O)[C@@H](O[C@@H]2O[C@H](CO)[C@@H](O)[C@H](O)[C@H]2O)[C@@H]1O. The molecule has 506 valence electrons. The van der Waals surface area contributed by atoms with Gasteiger partial charge in [-0.2, -0.15) is 0 Å². The van der Waals surface area contributed by atoms with Gasteiger partial charge in [0.25, 0.3) is 0 Å². The molecule has 92 heavy (non-hydrogen) atoms. The number of carbonyl (C=O) groups is 5. The largest absolute Gasteiger partial charge is 0.508 e. The Morgan fingerprint density at radius 3 is 1.45 bits per heavy atom. The van der Waals surface area contributed by atoms with Crippen LogP contribution in [0.15, 0.2) is 91.0 Å². The highest BCUT2D eigenvalue weighted by Crippen LogP contribution is 2.43. The Morgan fingerprint density at radius 1 is 0.457 bits per heavy atom. The quantitative estimate of drug-likeness (QED) is 0.0227. The molecule has 0 unspecified atom stereocenters. The molecule has 0 aromatic heterocycles. The highest BCUT2D eigenvalue weighted by molar-refractivity contribution is 5.90. The number of benzene rings is 3. The van der Waals surface area contributed by atoms with Crippen molar-refractivity contribution in [2.24, 2.45) is 0 Å². The number of phenolic OH excluding ortho intramolecular Hbond substituents is 2. The molecule has 5 fully saturated rings.